The van der Waals surface area contributed by atoms with E-state index in [1.807, 2.05) is 0 Å². The highest BCUT2D eigenvalue weighted by Crippen LogP contribution is 2.15. The maximum atomic E-state index is 12.1. The molecule has 4 heteroatoms. The van der Waals surface area contributed by atoms with Crippen molar-refractivity contribution in [3.05, 3.63) is 0 Å². The largest absolute Gasteiger partial charge is 0.377 e. The summed E-state index contributed by atoms with van der Waals surface area (Å²) in [5, 5.41) is 3.46. The first-order valence-corrected chi connectivity index (χ1v) is 8.36. The van der Waals surface area contributed by atoms with Gasteiger partial charge in [0, 0.05) is 35.0 Å². The standard InChI is InChI=1S/C13H27NO2S/c1-4-11(3)13(14-5-2)10-17(15)9-12-7-6-8-16-12/h11-14H,4-10H2,1-3H3. The van der Waals surface area contributed by atoms with Crippen LogP contribution in [0.25, 0.3) is 0 Å². The van der Waals surface area contributed by atoms with Crippen LogP contribution in [0.5, 0.6) is 0 Å². The third-order valence-electron chi connectivity index (χ3n) is 3.56. The molecule has 3 nitrogen and oxygen atoms in total. The van der Waals surface area contributed by atoms with Crippen LogP contribution in [0.15, 0.2) is 0 Å². The molecule has 0 aliphatic carbocycles. The van der Waals surface area contributed by atoms with Crippen molar-refractivity contribution in [2.24, 2.45) is 5.92 Å². The molecule has 4 atom stereocenters. The number of hydrogen-bond donors (Lipinski definition) is 1. The van der Waals surface area contributed by atoms with Crippen molar-refractivity contribution in [2.75, 3.05) is 24.7 Å². The molecular formula is C13H27NO2S. The topological polar surface area (TPSA) is 38.3 Å². The van der Waals surface area contributed by atoms with Crippen LogP contribution in [0.3, 0.4) is 0 Å². The molecule has 1 rings (SSSR count). The molecule has 0 aromatic rings. The maximum absolute atomic E-state index is 12.1. The minimum atomic E-state index is -0.751. The third kappa shape index (κ3) is 5.49. The molecule has 0 aromatic heterocycles. The van der Waals surface area contributed by atoms with E-state index in [0.29, 0.717) is 12.0 Å². The van der Waals surface area contributed by atoms with E-state index in [1.54, 1.807) is 0 Å². The number of hydrogen-bond acceptors (Lipinski definition) is 3. The lowest BCUT2D eigenvalue weighted by molar-refractivity contribution is 0.128. The molecule has 1 aliphatic heterocycles. The number of rotatable bonds is 8. The van der Waals surface area contributed by atoms with Crippen LogP contribution >= 0.6 is 0 Å². The summed E-state index contributed by atoms with van der Waals surface area (Å²) in [6.07, 6.45) is 3.59. The van der Waals surface area contributed by atoms with Crippen molar-refractivity contribution in [2.45, 2.75) is 52.2 Å². The van der Waals surface area contributed by atoms with E-state index < -0.39 is 10.8 Å². The van der Waals surface area contributed by atoms with Gasteiger partial charge >= 0.3 is 0 Å². The zero-order valence-electron chi connectivity index (χ0n) is 11.4. The van der Waals surface area contributed by atoms with Gasteiger partial charge in [-0.25, -0.2) is 0 Å². The van der Waals surface area contributed by atoms with Crippen molar-refractivity contribution in [3.63, 3.8) is 0 Å². The summed E-state index contributed by atoms with van der Waals surface area (Å²) in [6.45, 7) is 8.34. The lowest BCUT2D eigenvalue weighted by atomic mass is 10.0. The Hall–Kier alpha value is 0.0700. The summed E-state index contributed by atoms with van der Waals surface area (Å²) >= 11 is 0. The quantitative estimate of drug-likeness (QED) is 0.725. The molecule has 1 N–H and O–H groups in total. The minimum Gasteiger partial charge on any atom is -0.377 e. The van der Waals surface area contributed by atoms with Gasteiger partial charge in [-0.05, 0) is 25.3 Å². The second-order valence-corrected chi connectivity index (χ2v) is 6.50. The van der Waals surface area contributed by atoms with E-state index >= 15 is 0 Å². The van der Waals surface area contributed by atoms with Crippen molar-refractivity contribution >= 4 is 10.8 Å². The van der Waals surface area contributed by atoms with Crippen LogP contribution in [0.4, 0.5) is 0 Å². The minimum absolute atomic E-state index is 0.245. The number of ether oxygens (including phenoxy) is 1. The Bertz CT molecular complexity index is 229. The van der Waals surface area contributed by atoms with Crippen LogP contribution in [0.2, 0.25) is 0 Å². The van der Waals surface area contributed by atoms with Crippen LogP contribution in [0, 0.1) is 5.92 Å². The summed E-state index contributed by atoms with van der Waals surface area (Å²) in [6, 6.07) is 0.382. The van der Waals surface area contributed by atoms with Crippen LogP contribution < -0.4 is 5.32 Å². The molecule has 4 unspecified atom stereocenters. The highest BCUT2D eigenvalue weighted by Gasteiger charge is 2.22. The highest BCUT2D eigenvalue weighted by atomic mass is 32.2. The predicted octanol–water partition coefficient (Wildman–Crippen LogP) is 1.94. The van der Waals surface area contributed by atoms with E-state index in [4.69, 9.17) is 4.74 Å². The van der Waals surface area contributed by atoms with Gasteiger partial charge in [-0.1, -0.05) is 27.2 Å². The monoisotopic (exact) mass is 261 g/mol. The smallest absolute Gasteiger partial charge is 0.0691 e. The number of nitrogens with one attached hydrogen (secondary N) is 1. The summed E-state index contributed by atoms with van der Waals surface area (Å²) in [5.74, 6) is 2.07. The van der Waals surface area contributed by atoms with Crippen molar-refractivity contribution in [1.82, 2.24) is 5.32 Å². The fourth-order valence-corrected chi connectivity index (χ4v) is 3.88. The van der Waals surface area contributed by atoms with Crippen molar-refractivity contribution in [1.29, 1.82) is 0 Å². The zero-order valence-corrected chi connectivity index (χ0v) is 12.2. The van der Waals surface area contributed by atoms with E-state index in [0.717, 1.165) is 43.9 Å². The van der Waals surface area contributed by atoms with E-state index in [2.05, 4.69) is 26.1 Å². The Kier molecular flexibility index (Phi) is 7.32. The first kappa shape index (κ1) is 15.1. The van der Waals surface area contributed by atoms with Crippen LogP contribution in [-0.4, -0.2) is 41.0 Å². The average molecular weight is 261 g/mol. The van der Waals surface area contributed by atoms with E-state index in [9.17, 15) is 4.21 Å². The third-order valence-corrected chi connectivity index (χ3v) is 5.03. The van der Waals surface area contributed by atoms with E-state index in [-0.39, 0.29) is 6.10 Å². The molecule has 1 fully saturated rings. The van der Waals surface area contributed by atoms with Crippen molar-refractivity contribution < 1.29 is 8.95 Å². The summed E-state index contributed by atoms with van der Waals surface area (Å²) in [5.41, 5.74) is 0. The molecule has 0 bridgehead atoms. The molecule has 102 valence electrons. The zero-order chi connectivity index (χ0) is 12.7. The molecular weight excluding hydrogens is 234 g/mol. The maximum Gasteiger partial charge on any atom is 0.0691 e. The van der Waals surface area contributed by atoms with Gasteiger partial charge in [0.1, 0.15) is 0 Å². The van der Waals surface area contributed by atoms with Gasteiger partial charge in [0.2, 0.25) is 0 Å². The van der Waals surface area contributed by atoms with Gasteiger partial charge in [0.25, 0.3) is 0 Å². The molecule has 1 aliphatic rings. The average Bonchev–Trinajstić information content (AvgIpc) is 2.80. The van der Waals surface area contributed by atoms with Gasteiger partial charge in [0.15, 0.2) is 0 Å². The Labute approximate surface area is 108 Å². The molecule has 1 saturated heterocycles. The second kappa shape index (κ2) is 8.22. The highest BCUT2D eigenvalue weighted by molar-refractivity contribution is 7.85. The molecule has 17 heavy (non-hydrogen) atoms. The Morgan fingerprint density at radius 3 is 2.76 bits per heavy atom. The Morgan fingerprint density at radius 1 is 1.47 bits per heavy atom. The fourth-order valence-electron chi connectivity index (χ4n) is 2.22. The van der Waals surface area contributed by atoms with Gasteiger partial charge in [-0.3, -0.25) is 4.21 Å². The Balaban J connectivity index is 2.34. The van der Waals surface area contributed by atoms with Crippen molar-refractivity contribution in [3.8, 4) is 0 Å². The summed E-state index contributed by atoms with van der Waals surface area (Å²) in [4.78, 5) is 0. The summed E-state index contributed by atoms with van der Waals surface area (Å²) < 4.78 is 17.6. The molecule has 0 spiro atoms. The normalized spacial score (nSPS) is 25.7. The fraction of sp³-hybridized carbons (Fsp3) is 1.00. The first-order valence-electron chi connectivity index (χ1n) is 6.87. The van der Waals surface area contributed by atoms with E-state index in [1.165, 1.54) is 0 Å². The predicted molar refractivity (Wildman–Crippen MR) is 73.8 cm³/mol. The lowest BCUT2D eigenvalue weighted by Gasteiger charge is -2.24. The summed E-state index contributed by atoms with van der Waals surface area (Å²) in [7, 11) is -0.751. The molecule has 0 amide bonds. The van der Waals surface area contributed by atoms with Crippen LogP contribution in [-0.2, 0) is 15.5 Å². The second-order valence-electron chi connectivity index (χ2n) is 4.96. The van der Waals surface area contributed by atoms with Gasteiger partial charge in [0.05, 0.1) is 6.10 Å². The van der Waals surface area contributed by atoms with Gasteiger partial charge in [-0.2, -0.15) is 0 Å². The first-order chi connectivity index (χ1) is 8.17. The lowest BCUT2D eigenvalue weighted by Crippen LogP contribution is -2.40. The van der Waals surface area contributed by atoms with Gasteiger partial charge < -0.3 is 10.1 Å². The van der Waals surface area contributed by atoms with Crippen LogP contribution in [0.1, 0.15) is 40.0 Å². The SMILES string of the molecule is CCNC(CS(=O)CC1CCCO1)C(C)CC. The molecule has 1 heterocycles. The molecule has 0 saturated carbocycles. The Morgan fingerprint density at radius 2 is 2.24 bits per heavy atom. The van der Waals surface area contributed by atoms with Gasteiger partial charge in [-0.15, -0.1) is 0 Å². The molecule has 0 aromatic carbocycles. The molecule has 0 radical (unpaired) electrons.